The summed E-state index contributed by atoms with van der Waals surface area (Å²) in [7, 11) is 0. The van der Waals surface area contributed by atoms with Crippen LogP contribution < -0.4 is 0 Å². The molecule has 0 atom stereocenters. The third kappa shape index (κ3) is 10.5. The molecule has 0 spiro atoms. The van der Waals surface area contributed by atoms with Gasteiger partial charge in [-0.15, -0.1) is 0 Å². The van der Waals surface area contributed by atoms with Crippen LogP contribution >= 0.6 is 0 Å². The number of nitrogens with zero attached hydrogens (tertiary/aromatic N) is 1. The number of aromatic nitrogens is 1. The van der Waals surface area contributed by atoms with Crippen LogP contribution in [-0.2, 0) is 4.79 Å². The summed E-state index contributed by atoms with van der Waals surface area (Å²) < 4.78 is 0. The maximum absolute atomic E-state index is 10.2. The van der Waals surface area contributed by atoms with Gasteiger partial charge in [0.1, 0.15) is 0 Å². The molecule has 2 rings (SSSR count). The van der Waals surface area contributed by atoms with Crippen LogP contribution in [0.2, 0.25) is 0 Å². The quantitative estimate of drug-likeness (QED) is 0.457. The van der Waals surface area contributed by atoms with E-state index in [0.717, 1.165) is 30.2 Å². The Morgan fingerprint density at radius 3 is 2.33 bits per heavy atom. The Bertz CT molecular complexity index is 623. The number of pyridine rings is 1. The van der Waals surface area contributed by atoms with E-state index in [1.54, 1.807) is 6.07 Å². The number of aliphatic carboxylic acids is 1. The molecule has 24 heavy (non-hydrogen) atoms. The first kappa shape index (κ1) is 22.8. The van der Waals surface area contributed by atoms with Gasteiger partial charge in [-0.1, -0.05) is 51.8 Å². The number of para-hydroxylation sites is 1. The van der Waals surface area contributed by atoms with Crippen molar-refractivity contribution in [2.24, 2.45) is 5.41 Å². The summed E-state index contributed by atoms with van der Waals surface area (Å²) in [4.78, 5) is 14.1. The summed E-state index contributed by atoms with van der Waals surface area (Å²) in [6, 6.07) is 11.1. The second-order valence-corrected chi connectivity index (χ2v) is 6.88. The number of hydrogen-bond acceptors (Lipinski definition) is 3. The fourth-order valence-corrected chi connectivity index (χ4v) is 2.16. The third-order valence-electron chi connectivity index (χ3n) is 3.40. The number of hydrogen-bond donors (Lipinski definition) is 2. The molecule has 1 aromatic heterocycles. The van der Waals surface area contributed by atoms with Crippen molar-refractivity contribution in [3.8, 4) is 5.88 Å². The molecule has 0 fully saturated rings. The molecule has 0 saturated carbocycles. The van der Waals surface area contributed by atoms with Crippen molar-refractivity contribution in [2.45, 2.75) is 52.9 Å². The van der Waals surface area contributed by atoms with Gasteiger partial charge in [-0.05, 0) is 30.4 Å². The molecule has 5 heteroatoms. The topological polar surface area (TPSA) is 70.4 Å². The first-order valence-electron chi connectivity index (χ1n) is 8.04. The van der Waals surface area contributed by atoms with Crippen molar-refractivity contribution in [2.75, 3.05) is 0 Å². The summed E-state index contributed by atoms with van der Waals surface area (Å²) in [6.07, 6.45) is 4.53. The Hall–Kier alpha value is -1.22. The third-order valence-corrected chi connectivity index (χ3v) is 3.40. The van der Waals surface area contributed by atoms with Crippen LogP contribution in [0.4, 0.5) is 0 Å². The van der Waals surface area contributed by atoms with Crippen molar-refractivity contribution in [3.63, 3.8) is 0 Å². The van der Waals surface area contributed by atoms with E-state index in [2.05, 4.69) is 25.8 Å². The van der Waals surface area contributed by atoms with E-state index < -0.39 is 5.97 Å². The van der Waals surface area contributed by atoms with E-state index >= 15 is 0 Å². The molecule has 1 aromatic carbocycles. The van der Waals surface area contributed by atoms with Gasteiger partial charge in [0.05, 0.1) is 5.52 Å². The number of benzene rings is 1. The zero-order chi connectivity index (χ0) is 17.3. The van der Waals surface area contributed by atoms with Crippen molar-refractivity contribution < 1.29 is 15.0 Å². The number of carbonyl (C=O) groups is 1. The first-order valence-corrected chi connectivity index (χ1v) is 8.04. The molecule has 0 aliphatic rings. The second kappa shape index (κ2) is 11.4. The van der Waals surface area contributed by atoms with E-state index in [4.69, 9.17) is 10.2 Å². The number of carboxylic acids is 1. The van der Waals surface area contributed by atoms with Crippen LogP contribution in [0.25, 0.3) is 10.9 Å². The Morgan fingerprint density at radius 2 is 1.71 bits per heavy atom. The summed E-state index contributed by atoms with van der Waals surface area (Å²) in [5, 5.41) is 18.4. The Kier molecular flexibility index (Phi) is 10.8. The molecular weight excluding hydrogens is 499 g/mol. The van der Waals surface area contributed by atoms with Gasteiger partial charge in [0, 0.05) is 17.9 Å². The zero-order valence-electron chi connectivity index (χ0n) is 15.0. The van der Waals surface area contributed by atoms with Gasteiger partial charge in [-0.3, -0.25) is 4.79 Å². The first-order chi connectivity index (χ1) is 10.8. The Labute approximate surface area is 163 Å². The van der Waals surface area contributed by atoms with E-state index in [9.17, 15) is 4.79 Å². The molecule has 0 saturated heterocycles. The summed E-state index contributed by atoms with van der Waals surface area (Å²) in [6.45, 7) is 6.64. The van der Waals surface area contributed by atoms with Crippen LogP contribution in [0, 0.1) is 5.41 Å². The molecule has 0 aliphatic heterocycles. The minimum absolute atomic E-state index is 0. The van der Waals surface area contributed by atoms with Gasteiger partial charge in [0.2, 0.25) is 5.88 Å². The van der Waals surface area contributed by atoms with Crippen LogP contribution in [-0.4, -0.2) is 47.4 Å². The van der Waals surface area contributed by atoms with Gasteiger partial charge >= 0.3 is 32.2 Å². The molecule has 0 bridgehead atoms. The molecule has 2 aromatic rings. The van der Waals surface area contributed by atoms with Crippen LogP contribution in [0.1, 0.15) is 52.9 Å². The van der Waals surface area contributed by atoms with Gasteiger partial charge in [0.25, 0.3) is 0 Å². The van der Waals surface area contributed by atoms with Crippen LogP contribution in [0.15, 0.2) is 36.4 Å². The minimum atomic E-state index is -0.675. The van der Waals surface area contributed by atoms with Crippen molar-refractivity contribution >= 4 is 43.1 Å². The van der Waals surface area contributed by atoms with Crippen molar-refractivity contribution in [1.29, 1.82) is 0 Å². The average Bonchev–Trinajstić information content (AvgIpc) is 2.46. The van der Waals surface area contributed by atoms with Gasteiger partial charge in [-0.2, -0.15) is 0 Å². The molecule has 2 N–H and O–H groups in total. The molecule has 0 radical (unpaired) electrons. The van der Waals surface area contributed by atoms with Gasteiger partial charge < -0.3 is 10.2 Å². The number of rotatable bonds is 5. The molecule has 0 unspecified atom stereocenters. The second-order valence-electron chi connectivity index (χ2n) is 6.88. The standard InChI is InChI=1S/C10H20O2.C9H7NO.Bi.3H/c1-10(2,3)8-6-4-5-7-9(11)12;11-9-6-5-7-3-1-2-4-8(7)10-9;;;;/h4-8H2,1-3H3,(H,11,12);1-6H,(H,10,11);;;;. The van der Waals surface area contributed by atoms with Crippen molar-refractivity contribution in [3.05, 3.63) is 36.4 Å². The summed E-state index contributed by atoms with van der Waals surface area (Å²) in [5.74, 6) is -0.602. The fourth-order valence-electron chi connectivity index (χ4n) is 2.16. The van der Waals surface area contributed by atoms with Gasteiger partial charge in [0.15, 0.2) is 0 Å². The van der Waals surface area contributed by atoms with E-state index in [0.29, 0.717) is 11.8 Å². The van der Waals surface area contributed by atoms with Crippen molar-refractivity contribution in [1.82, 2.24) is 4.98 Å². The molecule has 0 aliphatic carbocycles. The van der Waals surface area contributed by atoms with Crippen LogP contribution in [0.5, 0.6) is 5.88 Å². The molecule has 134 valence electrons. The Morgan fingerprint density at radius 1 is 1.04 bits per heavy atom. The number of aromatic hydroxyl groups is 1. The average molecular weight is 529 g/mol. The summed E-state index contributed by atoms with van der Waals surface area (Å²) >= 11 is 0. The molecule has 4 nitrogen and oxygen atoms in total. The molecule has 1 heterocycles. The van der Waals surface area contributed by atoms with E-state index in [-0.39, 0.29) is 32.1 Å². The number of fused-ring (bicyclic) bond motifs is 1. The normalized spacial score (nSPS) is 10.5. The maximum atomic E-state index is 10.2. The molecule has 0 amide bonds. The predicted molar refractivity (Wildman–Crippen MR) is 104 cm³/mol. The monoisotopic (exact) mass is 529 g/mol. The zero-order valence-corrected chi connectivity index (χ0v) is 20.5. The Balaban J connectivity index is 0.000000423. The van der Waals surface area contributed by atoms with E-state index in [1.807, 2.05) is 30.3 Å². The number of unbranched alkanes of at least 4 members (excludes halogenated alkanes) is 2. The van der Waals surface area contributed by atoms with Gasteiger partial charge in [-0.25, -0.2) is 4.98 Å². The van der Waals surface area contributed by atoms with E-state index in [1.165, 1.54) is 6.42 Å². The van der Waals surface area contributed by atoms with Crippen LogP contribution in [0.3, 0.4) is 0 Å². The molecular formula is C19H30BiNO3. The fraction of sp³-hybridized carbons (Fsp3) is 0.474. The number of carboxylic acid groups (broad SMARTS) is 1. The summed E-state index contributed by atoms with van der Waals surface area (Å²) in [5.41, 5.74) is 1.22. The SMILES string of the molecule is CC(C)(C)CCCCCC(=O)O.Oc1ccc2ccccc2n1.[BiH3]. The predicted octanol–water partition coefficient (Wildman–Crippen LogP) is 3.82.